The molecular formula is C26H21F2NO5. The minimum Gasteiger partial charge on any atom is -0.508 e. The number of anilines is 1. The highest BCUT2D eigenvalue weighted by Crippen LogP contribution is 2.43. The molecule has 1 amide bonds. The molecule has 0 radical (unpaired) electrons. The van der Waals surface area contributed by atoms with Crippen LogP contribution in [0.2, 0.25) is 0 Å². The number of Topliss-reactive ketones (excluding diaryl/α,β-unsaturated/α-hetero) is 1. The summed E-state index contributed by atoms with van der Waals surface area (Å²) in [5.41, 5.74) is -0.125. The number of phenolic OH excluding ortho intramolecular Hbond substituents is 1. The standard InChI is InChI=1S/C26H21F2NO5/c1-2-12-34-19-9-6-15(7-10-19)24(31)22-23(16-4-3-5-18(30)13-16)29(26(33)25(22)32)21-11-8-17(27)14-20(21)28/h3-11,13-14,23,30-31H,2,12H2,1H3/b24-22+. The van der Waals surface area contributed by atoms with Gasteiger partial charge in [-0.15, -0.1) is 0 Å². The van der Waals surface area contributed by atoms with Crippen LogP contribution in [0.3, 0.4) is 0 Å². The molecule has 0 aromatic heterocycles. The molecule has 3 aromatic carbocycles. The summed E-state index contributed by atoms with van der Waals surface area (Å²) < 4.78 is 33.7. The SMILES string of the molecule is CCCOc1ccc(/C(O)=C2\C(=O)C(=O)N(c3ccc(F)cc3F)C2c2cccc(O)c2)cc1. The lowest BCUT2D eigenvalue weighted by molar-refractivity contribution is -0.132. The summed E-state index contributed by atoms with van der Waals surface area (Å²) in [7, 11) is 0. The number of phenols is 1. The molecule has 174 valence electrons. The molecule has 1 saturated heterocycles. The minimum atomic E-state index is -1.26. The Morgan fingerprint density at radius 1 is 1.03 bits per heavy atom. The van der Waals surface area contributed by atoms with E-state index in [1.165, 1.54) is 36.4 Å². The van der Waals surface area contributed by atoms with Gasteiger partial charge in [-0.05, 0) is 60.5 Å². The summed E-state index contributed by atoms with van der Waals surface area (Å²) in [5.74, 6) is -4.10. The number of aliphatic hydroxyl groups is 1. The van der Waals surface area contributed by atoms with Gasteiger partial charge in [0, 0.05) is 11.6 Å². The Hall–Kier alpha value is -4.20. The molecule has 8 heteroatoms. The maximum absolute atomic E-state index is 14.7. The van der Waals surface area contributed by atoms with Gasteiger partial charge in [-0.2, -0.15) is 0 Å². The van der Waals surface area contributed by atoms with Crippen molar-refractivity contribution in [1.82, 2.24) is 0 Å². The van der Waals surface area contributed by atoms with Crippen LogP contribution in [-0.4, -0.2) is 28.5 Å². The van der Waals surface area contributed by atoms with Gasteiger partial charge in [-0.25, -0.2) is 8.78 Å². The van der Waals surface area contributed by atoms with Crippen molar-refractivity contribution in [2.45, 2.75) is 19.4 Å². The Morgan fingerprint density at radius 2 is 1.76 bits per heavy atom. The number of hydrogen-bond acceptors (Lipinski definition) is 5. The van der Waals surface area contributed by atoms with Gasteiger partial charge in [0.1, 0.15) is 28.9 Å². The zero-order valence-corrected chi connectivity index (χ0v) is 18.2. The number of hydrogen-bond donors (Lipinski definition) is 2. The molecule has 0 saturated carbocycles. The lowest BCUT2D eigenvalue weighted by Crippen LogP contribution is -2.30. The zero-order chi connectivity index (χ0) is 24.4. The van der Waals surface area contributed by atoms with Crippen molar-refractivity contribution in [1.29, 1.82) is 0 Å². The number of rotatable bonds is 6. The molecule has 4 rings (SSSR count). The van der Waals surface area contributed by atoms with Crippen molar-refractivity contribution in [2.24, 2.45) is 0 Å². The predicted octanol–water partition coefficient (Wildman–Crippen LogP) is 5.09. The van der Waals surface area contributed by atoms with E-state index in [2.05, 4.69) is 0 Å². The van der Waals surface area contributed by atoms with E-state index in [0.29, 0.717) is 18.4 Å². The van der Waals surface area contributed by atoms with Gasteiger partial charge in [-0.3, -0.25) is 14.5 Å². The zero-order valence-electron chi connectivity index (χ0n) is 18.2. The first-order valence-electron chi connectivity index (χ1n) is 10.6. The topological polar surface area (TPSA) is 87.1 Å². The quantitative estimate of drug-likeness (QED) is 0.301. The number of ketones is 1. The molecule has 1 atom stereocenters. The molecule has 34 heavy (non-hydrogen) atoms. The Kier molecular flexibility index (Phi) is 6.32. The van der Waals surface area contributed by atoms with Crippen molar-refractivity contribution in [3.63, 3.8) is 0 Å². The van der Waals surface area contributed by atoms with Crippen LogP contribution >= 0.6 is 0 Å². The van der Waals surface area contributed by atoms with Crippen LogP contribution in [0, 0.1) is 11.6 Å². The average Bonchev–Trinajstić information content (AvgIpc) is 3.08. The predicted molar refractivity (Wildman–Crippen MR) is 121 cm³/mol. The molecule has 3 aromatic rings. The number of amides is 1. The molecule has 0 spiro atoms. The molecule has 0 bridgehead atoms. The third kappa shape index (κ3) is 4.22. The van der Waals surface area contributed by atoms with Crippen LogP contribution in [0.25, 0.3) is 5.76 Å². The van der Waals surface area contributed by atoms with Crippen molar-refractivity contribution < 1.29 is 33.3 Å². The maximum atomic E-state index is 14.7. The Balaban J connectivity index is 1.88. The second-order valence-corrected chi connectivity index (χ2v) is 7.73. The summed E-state index contributed by atoms with van der Waals surface area (Å²) in [5, 5.41) is 21.1. The van der Waals surface area contributed by atoms with Gasteiger partial charge < -0.3 is 14.9 Å². The number of halogens is 2. The van der Waals surface area contributed by atoms with E-state index in [0.717, 1.165) is 23.5 Å². The van der Waals surface area contributed by atoms with E-state index in [1.54, 1.807) is 12.1 Å². The number of aliphatic hydroxyl groups excluding tert-OH is 1. The number of benzene rings is 3. The number of carbonyl (C=O) groups excluding carboxylic acids is 2. The van der Waals surface area contributed by atoms with E-state index in [4.69, 9.17) is 4.74 Å². The van der Waals surface area contributed by atoms with Crippen LogP contribution in [0.5, 0.6) is 11.5 Å². The Bertz CT molecular complexity index is 1290. The van der Waals surface area contributed by atoms with E-state index >= 15 is 0 Å². The third-order valence-corrected chi connectivity index (χ3v) is 5.40. The summed E-state index contributed by atoms with van der Waals surface area (Å²) in [6.07, 6.45) is 0.815. The number of ether oxygens (including phenoxy) is 1. The summed E-state index contributed by atoms with van der Waals surface area (Å²) in [6.45, 7) is 2.47. The van der Waals surface area contributed by atoms with Crippen LogP contribution in [-0.2, 0) is 9.59 Å². The lowest BCUT2D eigenvalue weighted by atomic mass is 9.95. The Labute approximate surface area is 194 Å². The highest BCUT2D eigenvalue weighted by Gasteiger charge is 2.47. The van der Waals surface area contributed by atoms with Gasteiger partial charge in [0.05, 0.1) is 23.9 Å². The molecule has 1 unspecified atom stereocenters. The van der Waals surface area contributed by atoms with E-state index in [-0.39, 0.29) is 28.1 Å². The fourth-order valence-electron chi connectivity index (χ4n) is 3.85. The smallest absolute Gasteiger partial charge is 0.300 e. The van der Waals surface area contributed by atoms with Crippen molar-refractivity contribution in [3.05, 3.63) is 95.1 Å². The van der Waals surface area contributed by atoms with Gasteiger partial charge in [0.2, 0.25) is 0 Å². The van der Waals surface area contributed by atoms with Gasteiger partial charge >= 0.3 is 0 Å². The van der Waals surface area contributed by atoms with Crippen LogP contribution in [0.15, 0.2) is 72.3 Å². The number of carbonyl (C=O) groups is 2. The lowest BCUT2D eigenvalue weighted by Gasteiger charge is -2.26. The fourth-order valence-corrected chi connectivity index (χ4v) is 3.85. The normalized spacial score (nSPS) is 17.3. The first kappa shape index (κ1) is 23.0. The number of nitrogens with zero attached hydrogens (tertiary/aromatic N) is 1. The van der Waals surface area contributed by atoms with Crippen LogP contribution in [0.4, 0.5) is 14.5 Å². The monoisotopic (exact) mass is 465 g/mol. The maximum Gasteiger partial charge on any atom is 0.300 e. The van der Waals surface area contributed by atoms with Crippen LogP contribution < -0.4 is 9.64 Å². The van der Waals surface area contributed by atoms with Crippen LogP contribution in [0.1, 0.15) is 30.5 Å². The largest absolute Gasteiger partial charge is 0.508 e. The molecule has 1 heterocycles. The third-order valence-electron chi connectivity index (χ3n) is 5.40. The fraction of sp³-hybridized carbons (Fsp3) is 0.154. The molecule has 0 aliphatic carbocycles. The minimum absolute atomic E-state index is 0.153. The van der Waals surface area contributed by atoms with E-state index in [9.17, 15) is 28.6 Å². The van der Waals surface area contributed by atoms with E-state index in [1.807, 2.05) is 6.92 Å². The molecule has 1 aliphatic heterocycles. The Morgan fingerprint density at radius 3 is 2.41 bits per heavy atom. The molecule has 1 fully saturated rings. The van der Waals surface area contributed by atoms with E-state index < -0.39 is 35.1 Å². The first-order valence-corrected chi connectivity index (χ1v) is 10.6. The molecular weight excluding hydrogens is 444 g/mol. The van der Waals surface area contributed by atoms with Gasteiger partial charge in [-0.1, -0.05) is 19.1 Å². The molecule has 2 N–H and O–H groups in total. The summed E-state index contributed by atoms with van der Waals surface area (Å²) >= 11 is 0. The first-order chi connectivity index (χ1) is 16.3. The van der Waals surface area contributed by atoms with Crippen molar-refractivity contribution in [2.75, 3.05) is 11.5 Å². The van der Waals surface area contributed by atoms with Gasteiger partial charge in [0.15, 0.2) is 0 Å². The second kappa shape index (κ2) is 9.35. The summed E-state index contributed by atoms with van der Waals surface area (Å²) in [4.78, 5) is 26.9. The second-order valence-electron chi connectivity index (χ2n) is 7.73. The molecule has 1 aliphatic rings. The average molecular weight is 465 g/mol. The van der Waals surface area contributed by atoms with Gasteiger partial charge in [0.25, 0.3) is 11.7 Å². The molecule has 6 nitrogen and oxygen atoms in total. The van der Waals surface area contributed by atoms with Crippen molar-refractivity contribution >= 4 is 23.1 Å². The highest BCUT2D eigenvalue weighted by atomic mass is 19.1. The van der Waals surface area contributed by atoms with Crippen molar-refractivity contribution in [3.8, 4) is 11.5 Å². The highest BCUT2D eigenvalue weighted by molar-refractivity contribution is 6.51. The summed E-state index contributed by atoms with van der Waals surface area (Å²) in [6, 6.07) is 13.4. The number of aromatic hydroxyl groups is 1.